The Bertz CT molecular complexity index is 433. The van der Waals surface area contributed by atoms with E-state index in [2.05, 4.69) is 47.1 Å². The third kappa shape index (κ3) is 3.85. The molecule has 0 bridgehead atoms. The van der Waals surface area contributed by atoms with Crippen LogP contribution in [0.1, 0.15) is 38.2 Å². The smallest absolute Gasteiger partial charge is 0.0234 e. The maximum Gasteiger partial charge on any atom is 0.0234 e. The number of hydrogen-bond donors (Lipinski definition) is 1. The number of nitrogens with zero attached hydrogens (tertiary/aromatic N) is 2. The zero-order valence-corrected chi connectivity index (χ0v) is 13.2. The van der Waals surface area contributed by atoms with Crippen molar-refractivity contribution in [3.63, 3.8) is 0 Å². The van der Waals surface area contributed by atoms with Crippen LogP contribution in [0.3, 0.4) is 0 Å². The van der Waals surface area contributed by atoms with E-state index in [-0.39, 0.29) is 0 Å². The van der Waals surface area contributed by atoms with Crippen molar-refractivity contribution < 1.29 is 0 Å². The summed E-state index contributed by atoms with van der Waals surface area (Å²) in [6.07, 6.45) is 4.98. The van der Waals surface area contributed by atoms with Gasteiger partial charge in [0.15, 0.2) is 0 Å². The zero-order valence-electron chi connectivity index (χ0n) is 13.2. The minimum Gasteiger partial charge on any atom is -0.328 e. The Morgan fingerprint density at radius 1 is 1.14 bits per heavy atom. The van der Waals surface area contributed by atoms with E-state index in [9.17, 15) is 0 Å². The Morgan fingerprint density at radius 2 is 1.95 bits per heavy atom. The van der Waals surface area contributed by atoms with E-state index in [0.717, 1.165) is 12.6 Å². The molecule has 3 rings (SSSR count). The molecule has 0 aromatic heterocycles. The van der Waals surface area contributed by atoms with E-state index in [4.69, 9.17) is 5.73 Å². The van der Waals surface area contributed by atoms with E-state index in [0.29, 0.717) is 12.1 Å². The van der Waals surface area contributed by atoms with Crippen LogP contribution in [0.15, 0.2) is 30.3 Å². The van der Waals surface area contributed by atoms with Crippen LogP contribution in [-0.4, -0.2) is 47.6 Å². The number of rotatable bonds is 3. The predicted octanol–water partition coefficient (Wildman–Crippen LogP) is 2.46. The molecule has 116 valence electrons. The molecule has 1 saturated heterocycles. The van der Waals surface area contributed by atoms with Crippen molar-refractivity contribution in [2.75, 3.05) is 19.6 Å². The van der Waals surface area contributed by atoms with Crippen molar-refractivity contribution in [3.8, 4) is 0 Å². The van der Waals surface area contributed by atoms with Crippen molar-refractivity contribution >= 4 is 0 Å². The average molecular weight is 287 g/mol. The lowest BCUT2D eigenvalue weighted by atomic mass is 10.1. The summed E-state index contributed by atoms with van der Waals surface area (Å²) in [5.74, 6) is 0. The second kappa shape index (κ2) is 6.91. The van der Waals surface area contributed by atoms with Gasteiger partial charge < -0.3 is 5.73 Å². The molecule has 2 aliphatic rings. The van der Waals surface area contributed by atoms with Crippen LogP contribution in [0.25, 0.3) is 0 Å². The van der Waals surface area contributed by atoms with E-state index in [1.165, 1.54) is 50.9 Å². The molecule has 1 aliphatic heterocycles. The minimum absolute atomic E-state index is 0.436. The predicted molar refractivity (Wildman–Crippen MR) is 88.1 cm³/mol. The van der Waals surface area contributed by atoms with E-state index < -0.39 is 0 Å². The standard InChI is InChI=1S/C18H29N3/c1-15-13-20(14-16-6-3-2-4-7-16)10-5-11-21(15)18-9-8-17(19)12-18/h2-4,6-7,15,17-18H,5,8-14,19H2,1H3. The van der Waals surface area contributed by atoms with Crippen LogP contribution in [0, 0.1) is 0 Å². The quantitative estimate of drug-likeness (QED) is 0.927. The Kier molecular flexibility index (Phi) is 4.94. The van der Waals surface area contributed by atoms with Gasteiger partial charge in [0.25, 0.3) is 0 Å². The Hall–Kier alpha value is -0.900. The maximum absolute atomic E-state index is 6.11. The fourth-order valence-corrected chi connectivity index (χ4v) is 4.09. The van der Waals surface area contributed by atoms with Crippen molar-refractivity contribution in [1.29, 1.82) is 0 Å². The van der Waals surface area contributed by atoms with E-state index in [1.54, 1.807) is 0 Å². The van der Waals surface area contributed by atoms with Gasteiger partial charge in [0.05, 0.1) is 0 Å². The Labute approximate surface area is 129 Å². The molecule has 2 fully saturated rings. The third-order valence-electron chi connectivity index (χ3n) is 5.14. The molecule has 1 aliphatic carbocycles. The summed E-state index contributed by atoms with van der Waals surface area (Å²) >= 11 is 0. The average Bonchev–Trinajstić information content (AvgIpc) is 2.81. The van der Waals surface area contributed by atoms with Gasteiger partial charge in [0, 0.05) is 31.2 Å². The summed E-state index contributed by atoms with van der Waals surface area (Å²) in [6, 6.07) is 12.7. The number of hydrogen-bond acceptors (Lipinski definition) is 3. The first-order chi connectivity index (χ1) is 10.2. The number of nitrogens with two attached hydrogens (primary N) is 1. The highest BCUT2D eigenvalue weighted by atomic mass is 15.3. The lowest BCUT2D eigenvalue weighted by Gasteiger charge is -2.34. The first kappa shape index (κ1) is 15.0. The van der Waals surface area contributed by atoms with Crippen LogP contribution in [-0.2, 0) is 6.54 Å². The summed E-state index contributed by atoms with van der Waals surface area (Å²) in [4.78, 5) is 5.35. The summed E-state index contributed by atoms with van der Waals surface area (Å²) in [5, 5.41) is 0. The highest BCUT2D eigenvalue weighted by Crippen LogP contribution is 2.26. The van der Waals surface area contributed by atoms with Crippen molar-refractivity contribution in [2.45, 2.75) is 57.3 Å². The minimum atomic E-state index is 0.436. The van der Waals surface area contributed by atoms with Crippen molar-refractivity contribution in [3.05, 3.63) is 35.9 Å². The third-order valence-corrected chi connectivity index (χ3v) is 5.14. The molecule has 0 radical (unpaired) electrons. The first-order valence-corrected chi connectivity index (χ1v) is 8.50. The van der Waals surface area contributed by atoms with Crippen LogP contribution >= 0.6 is 0 Å². The molecule has 1 aromatic rings. The molecule has 0 amide bonds. The normalized spacial score (nSPS) is 32.2. The van der Waals surface area contributed by atoms with Gasteiger partial charge in [-0.05, 0) is 51.3 Å². The lowest BCUT2D eigenvalue weighted by Crippen LogP contribution is -2.44. The molecule has 3 atom stereocenters. The van der Waals surface area contributed by atoms with Gasteiger partial charge in [0.1, 0.15) is 0 Å². The second-order valence-electron chi connectivity index (χ2n) is 6.89. The van der Waals surface area contributed by atoms with Crippen LogP contribution < -0.4 is 5.73 Å². The largest absolute Gasteiger partial charge is 0.328 e. The monoisotopic (exact) mass is 287 g/mol. The Morgan fingerprint density at radius 3 is 2.67 bits per heavy atom. The lowest BCUT2D eigenvalue weighted by molar-refractivity contribution is 0.137. The summed E-state index contributed by atoms with van der Waals surface area (Å²) < 4.78 is 0. The van der Waals surface area contributed by atoms with Gasteiger partial charge in [-0.2, -0.15) is 0 Å². The van der Waals surface area contributed by atoms with Crippen LogP contribution in [0.5, 0.6) is 0 Å². The second-order valence-corrected chi connectivity index (χ2v) is 6.89. The molecule has 1 aromatic carbocycles. The topological polar surface area (TPSA) is 32.5 Å². The maximum atomic E-state index is 6.11. The van der Waals surface area contributed by atoms with Gasteiger partial charge in [-0.25, -0.2) is 0 Å². The SMILES string of the molecule is CC1CN(Cc2ccccc2)CCCN1C1CCC(N)C1. The van der Waals surface area contributed by atoms with Gasteiger partial charge in [-0.15, -0.1) is 0 Å². The van der Waals surface area contributed by atoms with Gasteiger partial charge >= 0.3 is 0 Å². The van der Waals surface area contributed by atoms with Gasteiger partial charge in [-0.3, -0.25) is 9.80 Å². The molecule has 1 saturated carbocycles. The van der Waals surface area contributed by atoms with E-state index in [1.807, 2.05) is 0 Å². The molecule has 0 spiro atoms. The van der Waals surface area contributed by atoms with E-state index >= 15 is 0 Å². The van der Waals surface area contributed by atoms with Crippen molar-refractivity contribution in [2.24, 2.45) is 5.73 Å². The fraction of sp³-hybridized carbons (Fsp3) is 0.667. The molecule has 3 nitrogen and oxygen atoms in total. The highest BCUT2D eigenvalue weighted by Gasteiger charge is 2.31. The van der Waals surface area contributed by atoms with Crippen LogP contribution in [0.2, 0.25) is 0 Å². The molecular formula is C18H29N3. The summed E-state index contributed by atoms with van der Waals surface area (Å²) in [6.45, 7) is 7.12. The summed E-state index contributed by atoms with van der Waals surface area (Å²) in [5.41, 5.74) is 7.54. The van der Waals surface area contributed by atoms with Crippen molar-refractivity contribution in [1.82, 2.24) is 9.80 Å². The first-order valence-electron chi connectivity index (χ1n) is 8.50. The highest BCUT2D eigenvalue weighted by molar-refractivity contribution is 5.14. The molecule has 1 heterocycles. The summed E-state index contributed by atoms with van der Waals surface area (Å²) in [7, 11) is 0. The molecule has 3 heteroatoms. The number of benzene rings is 1. The molecular weight excluding hydrogens is 258 g/mol. The zero-order chi connectivity index (χ0) is 14.7. The molecule has 2 N–H and O–H groups in total. The molecule has 3 unspecified atom stereocenters. The van der Waals surface area contributed by atoms with Gasteiger partial charge in [0.2, 0.25) is 0 Å². The molecule has 21 heavy (non-hydrogen) atoms. The fourth-order valence-electron chi connectivity index (χ4n) is 4.09. The van der Waals surface area contributed by atoms with Crippen LogP contribution in [0.4, 0.5) is 0 Å². The van der Waals surface area contributed by atoms with Gasteiger partial charge in [-0.1, -0.05) is 30.3 Å². The Balaban J connectivity index is 1.59.